The van der Waals surface area contributed by atoms with Crippen LogP contribution in [-0.4, -0.2) is 37.7 Å². The summed E-state index contributed by atoms with van der Waals surface area (Å²) in [5.41, 5.74) is 2.78. The Morgan fingerprint density at radius 1 is 1.20 bits per heavy atom. The molecule has 0 unspecified atom stereocenters. The molecule has 20 heavy (non-hydrogen) atoms. The van der Waals surface area contributed by atoms with Gasteiger partial charge in [-0.25, -0.2) is 0 Å². The fourth-order valence-electron chi connectivity index (χ4n) is 2.45. The zero-order valence-electron chi connectivity index (χ0n) is 12.9. The van der Waals surface area contributed by atoms with Crippen LogP contribution in [0.5, 0.6) is 0 Å². The van der Waals surface area contributed by atoms with Crippen LogP contribution in [0.2, 0.25) is 0 Å². The van der Waals surface area contributed by atoms with Gasteiger partial charge in [-0.2, -0.15) is 0 Å². The standard InChI is InChI=1S/C17H28N2O/c1-3-10-18-13-15-4-6-16(7-5-15)14-19(11-12-20-2)17-8-9-17/h4-7,17-18H,3,8-14H2,1-2H3. The maximum Gasteiger partial charge on any atom is 0.0589 e. The topological polar surface area (TPSA) is 24.5 Å². The molecular weight excluding hydrogens is 248 g/mol. The van der Waals surface area contributed by atoms with E-state index in [2.05, 4.69) is 41.4 Å². The Balaban J connectivity index is 1.82. The fraction of sp³-hybridized carbons (Fsp3) is 0.647. The number of hydrogen-bond donors (Lipinski definition) is 1. The fourth-order valence-corrected chi connectivity index (χ4v) is 2.45. The molecule has 1 aliphatic carbocycles. The molecule has 112 valence electrons. The lowest BCUT2D eigenvalue weighted by Crippen LogP contribution is -2.29. The maximum absolute atomic E-state index is 5.21. The highest BCUT2D eigenvalue weighted by Crippen LogP contribution is 2.28. The molecule has 0 atom stereocenters. The van der Waals surface area contributed by atoms with Crippen molar-refractivity contribution in [3.63, 3.8) is 0 Å². The molecule has 0 amide bonds. The van der Waals surface area contributed by atoms with Gasteiger partial charge in [0, 0.05) is 32.8 Å². The molecule has 0 radical (unpaired) electrons. The molecule has 0 aliphatic heterocycles. The lowest BCUT2D eigenvalue weighted by atomic mass is 10.1. The van der Waals surface area contributed by atoms with Gasteiger partial charge in [-0.1, -0.05) is 31.2 Å². The molecule has 1 aliphatic rings. The average Bonchev–Trinajstić information content (AvgIpc) is 3.30. The molecule has 0 heterocycles. The minimum absolute atomic E-state index is 0.788. The Morgan fingerprint density at radius 2 is 1.90 bits per heavy atom. The van der Waals surface area contributed by atoms with Crippen LogP contribution in [0.4, 0.5) is 0 Å². The number of methoxy groups -OCH3 is 1. The van der Waals surface area contributed by atoms with Gasteiger partial charge in [-0.3, -0.25) is 4.90 Å². The van der Waals surface area contributed by atoms with Gasteiger partial charge in [0.1, 0.15) is 0 Å². The van der Waals surface area contributed by atoms with Gasteiger partial charge in [0.2, 0.25) is 0 Å². The first-order valence-electron chi connectivity index (χ1n) is 7.85. The molecule has 0 spiro atoms. The Bertz CT molecular complexity index is 373. The van der Waals surface area contributed by atoms with Crippen LogP contribution in [-0.2, 0) is 17.8 Å². The second-order valence-electron chi connectivity index (χ2n) is 5.69. The first-order chi connectivity index (χ1) is 9.83. The van der Waals surface area contributed by atoms with Crippen LogP contribution in [0.15, 0.2) is 24.3 Å². The molecule has 0 saturated heterocycles. The first-order valence-corrected chi connectivity index (χ1v) is 7.85. The molecule has 2 rings (SSSR count). The van der Waals surface area contributed by atoms with Crippen molar-refractivity contribution in [1.82, 2.24) is 10.2 Å². The molecular formula is C17H28N2O. The van der Waals surface area contributed by atoms with E-state index in [1.54, 1.807) is 7.11 Å². The Kier molecular flexibility index (Phi) is 6.51. The summed E-state index contributed by atoms with van der Waals surface area (Å²) in [5.74, 6) is 0. The van der Waals surface area contributed by atoms with Crippen LogP contribution in [0.1, 0.15) is 37.3 Å². The van der Waals surface area contributed by atoms with E-state index in [-0.39, 0.29) is 0 Å². The molecule has 3 nitrogen and oxygen atoms in total. The van der Waals surface area contributed by atoms with Gasteiger partial charge in [-0.15, -0.1) is 0 Å². The summed E-state index contributed by atoms with van der Waals surface area (Å²) >= 11 is 0. The van der Waals surface area contributed by atoms with Crippen molar-refractivity contribution in [3.8, 4) is 0 Å². The SMILES string of the molecule is CCCNCc1ccc(CN(CCOC)C2CC2)cc1. The number of nitrogens with zero attached hydrogens (tertiary/aromatic N) is 1. The zero-order valence-corrected chi connectivity index (χ0v) is 12.9. The van der Waals surface area contributed by atoms with Crippen LogP contribution < -0.4 is 5.32 Å². The quantitative estimate of drug-likeness (QED) is 0.665. The third-order valence-electron chi connectivity index (χ3n) is 3.81. The Hall–Kier alpha value is -0.900. The normalized spacial score (nSPS) is 14.9. The molecule has 1 saturated carbocycles. The summed E-state index contributed by atoms with van der Waals surface area (Å²) in [6.45, 7) is 7.19. The smallest absolute Gasteiger partial charge is 0.0589 e. The monoisotopic (exact) mass is 276 g/mol. The van der Waals surface area contributed by atoms with E-state index in [0.29, 0.717) is 0 Å². The minimum atomic E-state index is 0.788. The van der Waals surface area contributed by atoms with E-state index in [9.17, 15) is 0 Å². The van der Waals surface area contributed by atoms with E-state index in [0.717, 1.165) is 38.8 Å². The summed E-state index contributed by atoms with van der Waals surface area (Å²) < 4.78 is 5.21. The molecule has 0 aromatic heterocycles. The average molecular weight is 276 g/mol. The van der Waals surface area contributed by atoms with Crippen LogP contribution in [0.3, 0.4) is 0 Å². The number of nitrogens with one attached hydrogen (secondary N) is 1. The lowest BCUT2D eigenvalue weighted by Gasteiger charge is -2.21. The van der Waals surface area contributed by atoms with Gasteiger partial charge in [0.05, 0.1) is 6.61 Å². The van der Waals surface area contributed by atoms with Gasteiger partial charge < -0.3 is 10.1 Å². The van der Waals surface area contributed by atoms with Gasteiger partial charge >= 0.3 is 0 Å². The minimum Gasteiger partial charge on any atom is -0.383 e. The van der Waals surface area contributed by atoms with Crippen LogP contribution in [0, 0.1) is 0 Å². The molecule has 1 N–H and O–H groups in total. The van der Waals surface area contributed by atoms with Crippen molar-refractivity contribution in [2.45, 2.75) is 45.3 Å². The van der Waals surface area contributed by atoms with Crippen LogP contribution >= 0.6 is 0 Å². The first kappa shape index (κ1) is 15.5. The van der Waals surface area contributed by atoms with Crippen molar-refractivity contribution < 1.29 is 4.74 Å². The summed E-state index contributed by atoms with van der Waals surface area (Å²) in [6.07, 6.45) is 3.89. The predicted molar refractivity (Wildman–Crippen MR) is 83.7 cm³/mol. The maximum atomic E-state index is 5.21. The molecule has 1 aromatic carbocycles. The molecule has 3 heteroatoms. The molecule has 0 bridgehead atoms. The van der Waals surface area contributed by atoms with E-state index in [1.165, 1.54) is 30.4 Å². The third-order valence-corrected chi connectivity index (χ3v) is 3.81. The van der Waals surface area contributed by atoms with Gasteiger partial charge in [0.15, 0.2) is 0 Å². The highest BCUT2D eigenvalue weighted by molar-refractivity contribution is 5.22. The third kappa shape index (κ3) is 5.23. The number of rotatable bonds is 10. The van der Waals surface area contributed by atoms with E-state index < -0.39 is 0 Å². The second kappa shape index (κ2) is 8.40. The second-order valence-corrected chi connectivity index (χ2v) is 5.69. The summed E-state index contributed by atoms with van der Waals surface area (Å²) in [4.78, 5) is 2.55. The zero-order chi connectivity index (χ0) is 14.2. The number of hydrogen-bond acceptors (Lipinski definition) is 3. The van der Waals surface area contributed by atoms with E-state index in [1.807, 2.05) is 0 Å². The van der Waals surface area contributed by atoms with Crippen molar-refractivity contribution in [1.29, 1.82) is 0 Å². The number of benzene rings is 1. The van der Waals surface area contributed by atoms with Crippen LogP contribution in [0.25, 0.3) is 0 Å². The molecule has 1 fully saturated rings. The highest BCUT2D eigenvalue weighted by atomic mass is 16.5. The van der Waals surface area contributed by atoms with Crippen molar-refractivity contribution in [2.24, 2.45) is 0 Å². The largest absolute Gasteiger partial charge is 0.383 e. The van der Waals surface area contributed by atoms with E-state index >= 15 is 0 Å². The summed E-state index contributed by atoms with van der Waals surface area (Å²) in [7, 11) is 1.78. The Labute approximate surface area is 123 Å². The summed E-state index contributed by atoms with van der Waals surface area (Å²) in [5, 5.41) is 3.44. The Morgan fingerprint density at radius 3 is 2.50 bits per heavy atom. The molecule has 1 aromatic rings. The summed E-state index contributed by atoms with van der Waals surface area (Å²) in [6, 6.07) is 9.82. The van der Waals surface area contributed by atoms with Crippen molar-refractivity contribution in [3.05, 3.63) is 35.4 Å². The van der Waals surface area contributed by atoms with E-state index in [4.69, 9.17) is 4.74 Å². The highest BCUT2D eigenvalue weighted by Gasteiger charge is 2.28. The van der Waals surface area contributed by atoms with Gasteiger partial charge in [0.25, 0.3) is 0 Å². The predicted octanol–water partition coefficient (Wildman–Crippen LogP) is 2.80. The number of ether oxygens (including phenoxy) is 1. The van der Waals surface area contributed by atoms with Gasteiger partial charge in [-0.05, 0) is 36.9 Å². The lowest BCUT2D eigenvalue weighted by molar-refractivity contribution is 0.139. The van der Waals surface area contributed by atoms with Crippen molar-refractivity contribution >= 4 is 0 Å². The van der Waals surface area contributed by atoms with Crippen molar-refractivity contribution in [2.75, 3.05) is 26.8 Å².